The molecule has 1 heterocycles. The van der Waals surface area contributed by atoms with Gasteiger partial charge in [-0.2, -0.15) is 0 Å². The van der Waals surface area contributed by atoms with Gasteiger partial charge in [-0.05, 0) is 62.5 Å². The lowest BCUT2D eigenvalue weighted by Crippen LogP contribution is -2.45. The van der Waals surface area contributed by atoms with Crippen LogP contribution in [0.2, 0.25) is 0 Å². The maximum Gasteiger partial charge on any atom is 0.407 e. The zero-order valence-corrected chi connectivity index (χ0v) is 17.2. The van der Waals surface area contributed by atoms with Crippen molar-refractivity contribution in [3.05, 3.63) is 28.2 Å². The third-order valence-corrected chi connectivity index (χ3v) is 4.66. The number of nitrogens with zero attached hydrogens (tertiary/aromatic N) is 1. The van der Waals surface area contributed by atoms with Crippen molar-refractivity contribution in [1.82, 2.24) is 10.2 Å². The Kier molecular flexibility index (Phi) is 7.14. The predicted octanol–water partition coefficient (Wildman–Crippen LogP) is 4.34. The van der Waals surface area contributed by atoms with Gasteiger partial charge in [-0.1, -0.05) is 12.1 Å². The summed E-state index contributed by atoms with van der Waals surface area (Å²) in [7, 11) is 0. The number of halogens is 1. The Labute approximate surface area is 159 Å². The lowest BCUT2D eigenvalue weighted by Gasteiger charge is -2.33. The molecule has 6 heteroatoms. The summed E-state index contributed by atoms with van der Waals surface area (Å²) < 4.78 is 12.1. The van der Waals surface area contributed by atoms with Crippen molar-refractivity contribution < 1.29 is 14.3 Å². The highest BCUT2D eigenvalue weighted by molar-refractivity contribution is 9.10. The Hall–Kier alpha value is -1.27. The van der Waals surface area contributed by atoms with Crippen LogP contribution in [0.25, 0.3) is 0 Å². The summed E-state index contributed by atoms with van der Waals surface area (Å²) in [6.07, 6.45) is 1.53. The van der Waals surface area contributed by atoms with Crippen molar-refractivity contribution in [2.45, 2.75) is 58.7 Å². The van der Waals surface area contributed by atoms with E-state index in [1.54, 1.807) is 0 Å². The second-order valence-corrected chi connectivity index (χ2v) is 8.21. The molecule has 1 aliphatic rings. The van der Waals surface area contributed by atoms with Crippen LogP contribution in [0.4, 0.5) is 4.79 Å². The molecule has 0 aromatic heterocycles. The summed E-state index contributed by atoms with van der Waals surface area (Å²) in [5, 5.41) is 2.98. The Morgan fingerprint density at radius 1 is 1.32 bits per heavy atom. The van der Waals surface area contributed by atoms with Gasteiger partial charge in [-0.15, -0.1) is 0 Å². The molecule has 5 nitrogen and oxygen atoms in total. The van der Waals surface area contributed by atoms with Crippen LogP contribution in [-0.4, -0.2) is 42.3 Å². The Morgan fingerprint density at radius 3 is 2.60 bits per heavy atom. The molecule has 140 valence electrons. The molecule has 1 N–H and O–H groups in total. The van der Waals surface area contributed by atoms with Crippen LogP contribution in [0.5, 0.6) is 5.75 Å². The third kappa shape index (κ3) is 6.51. The van der Waals surface area contributed by atoms with Crippen molar-refractivity contribution in [3.63, 3.8) is 0 Å². The first kappa shape index (κ1) is 20.0. The molecule has 1 aromatic carbocycles. The number of amides is 1. The molecule has 1 fully saturated rings. The Bertz CT molecular complexity index is 579. The minimum Gasteiger partial charge on any atom is -0.492 e. The van der Waals surface area contributed by atoms with E-state index in [9.17, 15) is 4.79 Å². The van der Waals surface area contributed by atoms with Gasteiger partial charge in [0.15, 0.2) is 0 Å². The zero-order valence-electron chi connectivity index (χ0n) is 15.6. The first-order valence-corrected chi connectivity index (χ1v) is 9.70. The molecule has 1 aliphatic heterocycles. The molecular formula is C19H29BrN2O3. The highest BCUT2D eigenvalue weighted by atomic mass is 79.9. The number of benzene rings is 1. The number of carbonyl (C=O) groups excluding carboxylic acids is 1. The predicted molar refractivity (Wildman–Crippen MR) is 103 cm³/mol. The van der Waals surface area contributed by atoms with E-state index >= 15 is 0 Å². The molecule has 1 aromatic rings. The number of carbonyl (C=O) groups is 1. The van der Waals surface area contributed by atoms with Gasteiger partial charge in [-0.3, -0.25) is 4.90 Å². The van der Waals surface area contributed by atoms with Crippen molar-refractivity contribution in [2.24, 2.45) is 0 Å². The molecule has 0 atom stereocenters. The van der Waals surface area contributed by atoms with Crippen molar-refractivity contribution in [1.29, 1.82) is 0 Å². The first-order chi connectivity index (χ1) is 11.8. The van der Waals surface area contributed by atoms with Crippen LogP contribution in [0, 0.1) is 0 Å². The standard InChI is InChI=1S/C19H29BrN2O3/c1-5-24-17-14(7-6-8-16(17)20)13-22-11-9-15(10-12-22)21-18(23)25-19(2,3)4/h6-8,15H,5,9-13H2,1-4H3,(H,21,23). The van der Waals surface area contributed by atoms with Crippen LogP contribution in [-0.2, 0) is 11.3 Å². The van der Waals surface area contributed by atoms with Gasteiger partial charge in [0.05, 0.1) is 11.1 Å². The number of hydrogen-bond acceptors (Lipinski definition) is 4. The SMILES string of the molecule is CCOc1c(Br)cccc1CN1CCC(NC(=O)OC(C)(C)C)CC1. The summed E-state index contributed by atoms with van der Waals surface area (Å²) in [4.78, 5) is 14.3. The lowest BCUT2D eigenvalue weighted by molar-refractivity contribution is 0.0477. The summed E-state index contributed by atoms with van der Waals surface area (Å²) in [5.74, 6) is 0.930. The van der Waals surface area contributed by atoms with Crippen molar-refractivity contribution in [2.75, 3.05) is 19.7 Å². The zero-order chi connectivity index (χ0) is 18.4. The van der Waals surface area contributed by atoms with Gasteiger partial charge in [0, 0.05) is 31.2 Å². The number of para-hydroxylation sites is 1. The van der Waals surface area contributed by atoms with E-state index in [1.807, 2.05) is 39.8 Å². The van der Waals surface area contributed by atoms with Gasteiger partial charge in [0.2, 0.25) is 0 Å². The summed E-state index contributed by atoms with van der Waals surface area (Å²) in [6.45, 7) is 11.0. The van der Waals surface area contributed by atoms with E-state index in [4.69, 9.17) is 9.47 Å². The van der Waals surface area contributed by atoms with E-state index in [0.717, 1.165) is 42.7 Å². The Morgan fingerprint density at radius 2 is 2.00 bits per heavy atom. The summed E-state index contributed by atoms with van der Waals surface area (Å²) in [5.41, 5.74) is 0.732. The fourth-order valence-corrected chi connectivity index (χ4v) is 3.46. The minimum atomic E-state index is -0.457. The number of nitrogens with one attached hydrogen (secondary N) is 1. The van der Waals surface area contributed by atoms with Crippen molar-refractivity contribution in [3.8, 4) is 5.75 Å². The molecule has 0 unspecified atom stereocenters. The normalized spacial score (nSPS) is 16.5. The molecule has 1 saturated heterocycles. The highest BCUT2D eigenvalue weighted by Gasteiger charge is 2.24. The first-order valence-electron chi connectivity index (χ1n) is 8.90. The maximum absolute atomic E-state index is 11.9. The van der Waals surface area contributed by atoms with E-state index in [2.05, 4.69) is 32.2 Å². The van der Waals surface area contributed by atoms with Gasteiger partial charge in [0.25, 0.3) is 0 Å². The van der Waals surface area contributed by atoms with Gasteiger partial charge < -0.3 is 14.8 Å². The fourth-order valence-electron chi connectivity index (χ4n) is 2.93. The van der Waals surface area contributed by atoms with E-state index in [1.165, 1.54) is 5.56 Å². The number of likely N-dealkylation sites (tertiary alicyclic amines) is 1. The van der Waals surface area contributed by atoms with E-state index in [-0.39, 0.29) is 12.1 Å². The van der Waals surface area contributed by atoms with Crippen LogP contribution in [0.1, 0.15) is 46.1 Å². The van der Waals surface area contributed by atoms with Crippen molar-refractivity contribution >= 4 is 22.0 Å². The second-order valence-electron chi connectivity index (χ2n) is 7.36. The molecule has 0 radical (unpaired) electrons. The third-order valence-electron chi connectivity index (χ3n) is 4.04. The molecule has 2 rings (SSSR count). The van der Waals surface area contributed by atoms with Crippen LogP contribution in [0.3, 0.4) is 0 Å². The molecular weight excluding hydrogens is 384 g/mol. The van der Waals surface area contributed by atoms with E-state index in [0.29, 0.717) is 6.61 Å². The van der Waals surface area contributed by atoms with E-state index < -0.39 is 5.60 Å². The quantitative estimate of drug-likeness (QED) is 0.781. The monoisotopic (exact) mass is 412 g/mol. The molecule has 1 amide bonds. The molecule has 25 heavy (non-hydrogen) atoms. The van der Waals surface area contributed by atoms with Crippen LogP contribution >= 0.6 is 15.9 Å². The molecule has 0 bridgehead atoms. The number of alkyl carbamates (subject to hydrolysis) is 1. The average molecular weight is 413 g/mol. The molecule has 0 spiro atoms. The molecule has 0 saturated carbocycles. The largest absolute Gasteiger partial charge is 0.492 e. The number of piperidine rings is 1. The van der Waals surface area contributed by atoms with Gasteiger partial charge >= 0.3 is 6.09 Å². The highest BCUT2D eigenvalue weighted by Crippen LogP contribution is 2.30. The van der Waals surface area contributed by atoms with Gasteiger partial charge in [0.1, 0.15) is 11.4 Å². The van der Waals surface area contributed by atoms with Gasteiger partial charge in [-0.25, -0.2) is 4.79 Å². The van der Waals surface area contributed by atoms with Crippen LogP contribution < -0.4 is 10.1 Å². The fraction of sp³-hybridized carbons (Fsp3) is 0.632. The molecule has 0 aliphatic carbocycles. The smallest absolute Gasteiger partial charge is 0.407 e. The number of hydrogen-bond donors (Lipinski definition) is 1. The second kappa shape index (κ2) is 8.90. The topological polar surface area (TPSA) is 50.8 Å². The average Bonchev–Trinajstić information content (AvgIpc) is 2.51. The summed E-state index contributed by atoms with van der Waals surface area (Å²) in [6, 6.07) is 6.34. The summed E-state index contributed by atoms with van der Waals surface area (Å²) >= 11 is 3.57. The number of ether oxygens (including phenoxy) is 2. The Balaban J connectivity index is 1.85. The van der Waals surface area contributed by atoms with Crippen LogP contribution in [0.15, 0.2) is 22.7 Å². The lowest BCUT2D eigenvalue weighted by atomic mass is 10.0. The maximum atomic E-state index is 11.9. The minimum absolute atomic E-state index is 0.181. The number of rotatable bonds is 5.